The summed E-state index contributed by atoms with van der Waals surface area (Å²) in [6, 6.07) is 5.08. The third-order valence-corrected chi connectivity index (χ3v) is 2.92. The molecule has 0 aliphatic carbocycles. The number of hydrogen-bond acceptors (Lipinski definition) is 2. The van der Waals surface area contributed by atoms with Crippen LogP contribution in [0.1, 0.15) is 26.3 Å². The predicted octanol–water partition coefficient (Wildman–Crippen LogP) is 2.28. The third-order valence-electron chi connectivity index (χ3n) is 2.92. The summed E-state index contributed by atoms with van der Waals surface area (Å²) < 4.78 is 13.6. The van der Waals surface area contributed by atoms with Gasteiger partial charge in [-0.3, -0.25) is 4.79 Å². The van der Waals surface area contributed by atoms with Crippen LogP contribution in [0.4, 0.5) is 4.39 Å². The van der Waals surface area contributed by atoms with Crippen LogP contribution in [-0.2, 0) is 16.1 Å². The van der Waals surface area contributed by atoms with E-state index < -0.39 is 17.8 Å². The summed E-state index contributed by atoms with van der Waals surface area (Å²) in [6.45, 7) is 4.68. The molecule has 1 aromatic carbocycles. The summed E-state index contributed by atoms with van der Waals surface area (Å²) in [5.74, 6) is -2.17. The number of rotatable bonds is 5. The van der Waals surface area contributed by atoms with Crippen LogP contribution in [0.3, 0.4) is 0 Å². The summed E-state index contributed by atoms with van der Waals surface area (Å²) in [5, 5.41) is 9.22. The molecule has 1 rings (SSSR count). The lowest BCUT2D eigenvalue weighted by Crippen LogP contribution is -2.46. The fourth-order valence-corrected chi connectivity index (χ4v) is 1.99. The highest BCUT2D eigenvalue weighted by Crippen LogP contribution is 2.17. The molecule has 104 valence electrons. The molecule has 0 aromatic heterocycles. The lowest BCUT2D eigenvalue weighted by Gasteiger charge is -2.30. The Morgan fingerprint density at radius 3 is 2.32 bits per heavy atom. The number of carboxylic acid groups (broad SMARTS) is 1. The van der Waals surface area contributed by atoms with Gasteiger partial charge < -0.3 is 10.0 Å². The van der Waals surface area contributed by atoms with E-state index in [0.29, 0.717) is 5.56 Å². The van der Waals surface area contributed by atoms with E-state index in [9.17, 15) is 19.1 Å². The maximum atomic E-state index is 13.6. The summed E-state index contributed by atoms with van der Waals surface area (Å²) >= 11 is 0. The molecule has 4 nitrogen and oxygen atoms in total. The minimum absolute atomic E-state index is 0.0445. The van der Waals surface area contributed by atoms with Crippen LogP contribution in [0.15, 0.2) is 24.3 Å². The molecule has 0 aliphatic rings. The second-order valence-electron chi connectivity index (χ2n) is 4.77. The van der Waals surface area contributed by atoms with Crippen molar-refractivity contribution in [2.24, 2.45) is 5.92 Å². The number of carbonyl (C=O) groups excluding carboxylic acids is 1. The van der Waals surface area contributed by atoms with Gasteiger partial charge in [0.25, 0.3) is 0 Å². The van der Waals surface area contributed by atoms with E-state index in [1.807, 2.05) is 0 Å². The number of carboxylic acids is 1. The molecule has 1 N–H and O–H groups in total. The Bertz CT molecular complexity index is 474. The normalized spacial score (nSPS) is 12.3. The summed E-state index contributed by atoms with van der Waals surface area (Å²) in [7, 11) is 0. The molecular weight excluding hydrogens is 249 g/mol. The third kappa shape index (κ3) is 3.77. The smallest absolute Gasteiger partial charge is 0.326 e. The van der Waals surface area contributed by atoms with Crippen molar-refractivity contribution in [3.8, 4) is 0 Å². The number of amides is 1. The van der Waals surface area contributed by atoms with Gasteiger partial charge in [-0.15, -0.1) is 0 Å². The van der Waals surface area contributed by atoms with E-state index in [4.69, 9.17) is 0 Å². The maximum Gasteiger partial charge on any atom is 0.326 e. The first-order valence-electron chi connectivity index (χ1n) is 6.08. The fraction of sp³-hybridized carbons (Fsp3) is 0.429. The van der Waals surface area contributed by atoms with Crippen LogP contribution in [0, 0.1) is 11.7 Å². The van der Waals surface area contributed by atoms with E-state index in [2.05, 4.69) is 0 Å². The van der Waals surface area contributed by atoms with E-state index in [1.54, 1.807) is 32.0 Å². The molecule has 0 spiro atoms. The number of benzene rings is 1. The first-order chi connectivity index (χ1) is 8.84. The molecule has 1 aromatic rings. The molecule has 0 saturated carbocycles. The molecule has 19 heavy (non-hydrogen) atoms. The van der Waals surface area contributed by atoms with Crippen LogP contribution in [0.25, 0.3) is 0 Å². The SMILES string of the molecule is CC(=O)N(Cc1ccccc1F)C(C(=O)O)C(C)C. The Morgan fingerprint density at radius 2 is 1.89 bits per heavy atom. The number of halogens is 1. The predicted molar refractivity (Wildman–Crippen MR) is 68.9 cm³/mol. The molecule has 0 aliphatic heterocycles. The van der Waals surface area contributed by atoms with Crippen molar-refractivity contribution in [2.45, 2.75) is 33.4 Å². The van der Waals surface area contributed by atoms with Crippen molar-refractivity contribution in [1.82, 2.24) is 4.90 Å². The number of nitrogens with zero attached hydrogens (tertiary/aromatic N) is 1. The van der Waals surface area contributed by atoms with Gasteiger partial charge in [0.15, 0.2) is 0 Å². The van der Waals surface area contributed by atoms with E-state index >= 15 is 0 Å². The summed E-state index contributed by atoms with van der Waals surface area (Å²) in [4.78, 5) is 24.1. The molecule has 5 heteroatoms. The average Bonchev–Trinajstić information content (AvgIpc) is 2.29. The molecule has 0 radical (unpaired) electrons. The van der Waals surface area contributed by atoms with Gasteiger partial charge in [-0.2, -0.15) is 0 Å². The van der Waals surface area contributed by atoms with Crippen LogP contribution in [0.2, 0.25) is 0 Å². The number of aliphatic carboxylic acids is 1. The van der Waals surface area contributed by atoms with Crippen molar-refractivity contribution in [2.75, 3.05) is 0 Å². The van der Waals surface area contributed by atoms with Gasteiger partial charge in [-0.05, 0) is 12.0 Å². The molecule has 0 saturated heterocycles. The van der Waals surface area contributed by atoms with Gasteiger partial charge in [0.1, 0.15) is 11.9 Å². The van der Waals surface area contributed by atoms with Crippen LogP contribution >= 0.6 is 0 Å². The Labute approximate surface area is 111 Å². The van der Waals surface area contributed by atoms with Crippen molar-refractivity contribution >= 4 is 11.9 Å². The Morgan fingerprint density at radius 1 is 1.32 bits per heavy atom. The molecule has 1 atom stereocenters. The van der Waals surface area contributed by atoms with Gasteiger partial charge in [0.2, 0.25) is 5.91 Å². The second kappa shape index (κ2) is 6.31. The second-order valence-corrected chi connectivity index (χ2v) is 4.77. The number of carbonyl (C=O) groups is 2. The topological polar surface area (TPSA) is 57.6 Å². The van der Waals surface area contributed by atoms with Crippen molar-refractivity contribution in [3.63, 3.8) is 0 Å². The van der Waals surface area contributed by atoms with Crippen LogP contribution in [-0.4, -0.2) is 27.9 Å². The lowest BCUT2D eigenvalue weighted by atomic mass is 10.0. The highest BCUT2D eigenvalue weighted by Gasteiger charge is 2.31. The van der Waals surface area contributed by atoms with E-state index in [1.165, 1.54) is 17.9 Å². The van der Waals surface area contributed by atoms with E-state index in [0.717, 1.165) is 0 Å². The molecule has 1 amide bonds. The van der Waals surface area contributed by atoms with E-state index in [-0.39, 0.29) is 18.4 Å². The van der Waals surface area contributed by atoms with Crippen molar-refractivity contribution < 1.29 is 19.1 Å². The maximum absolute atomic E-state index is 13.6. The first-order valence-corrected chi connectivity index (χ1v) is 6.08. The molecular formula is C14H18FNO3. The zero-order chi connectivity index (χ0) is 14.6. The van der Waals surface area contributed by atoms with Crippen molar-refractivity contribution in [3.05, 3.63) is 35.6 Å². The molecule has 0 heterocycles. The first kappa shape index (κ1) is 15.1. The minimum Gasteiger partial charge on any atom is -0.480 e. The quantitative estimate of drug-likeness (QED) is 0.890. The van der Waals surface area contributed by atoms with Gasteiger partial charge in [-0.1, -0.05) is 32.0 Å². The van der Waals surface area contributed by atoms with Gasteiger partial charge in [0, 0.05) is 19.0 Å². The number of hydrogen-bond donors (Lipinski definition) is 1. The molecule has 0 fully saturated rings. The van der Waals surface area contributed by atoms with Gasteiger partial charge in [-0.25, -0.2) is 9.18 Å². The summed E-state index contributed by atoms with van der Waals surface area (Å²) in [6.07, 6.45) is 0. The lowest BCUT2D eigenvalue weighted by molar-refractivity contribution is -0.152. The molecule has 0 bridgehead atoms. The standard InChI is InChI=1S/C14H18FNO3/c1-9(2)13(14(18)19)16(10(3)17)8-11-6-4-5-7-12(11)15/h4-7,9,13H,8H2,1-3H3,(H,18,19). The zero-order valence-corrected chi connectivity index (χ0v) is 11.3. The fourth-order valence-electron chi connectivity index (χ4n) is 1.99. The van der Waals surface area contributed by atoms with Crippen molar-refractivity contribution in [1.29, 1.82) is 0 Å². The Kier molecular flexibility index (Phi) is 5.03. The zero-order valence-electron chi connectivity index (χ0n) is 11.3. The highest BCUT2D eigenvalue weighted by atomic mass is 19.1. The Hall–Kier alpha value is -1.91. The minimum atomic E-state index is -1.08. The molecule has 1 unspecified atom stereocenters. The highest BCUT2D eigenvalue weighted by molar-refractivity contribution is 5.82. The average molecular weight is 267 g/mol. The monoisotopic (exact) mass is 267 g/mol. The van der Waals surface area contributed by atoms with Gasteiger partial charge >= 0.3 is 5.97 Å². The van der Waals surface area contributed by atoms with Crippen LogP contribution in [0.5, 0.6) is 0 Å². The summed E-state index contributed by atoms with van der Waals surface area (Å²) in [5.41, 5.74) is 0.310. The largest absolute Gasteiger partial charge is 0.480 e. The van der Waals surface area contributed by atoms with Gasteiger partial charge in [0.05, 0.1) is 0 Å². The Balaban J connectivity index is 3.05. The van der Waals surface area contributed by atoms with Crippen LogP contribution < -0.4 is 0 Å².